The monoisotopic (exact) mass is 308 g/mol. The summed E-state index contributed by atoms with van der Waals surface area (Å²) in [6.07, 6.45) is 5.05. The molecule has 1 aromatic rings. The third-order valence-corrected chi connectivity index (χ3v) is 5.75. The summed E-state index contributed by atoms with van der Waals surface area (Å²) < 4.78 is 23.4. The minimum Gasteiger partial charge on any atom is -0.381 e. The second-order valence-electron chi connectivity index (χ2n) is 6.60. The SMILES string of the molecule is Cc1ccc(S(C)(=O)=O)cc1NC1CC(C)N(C2CC2)C1. The molecule has 1 aromatic carbocycles. The first kappa shape index (κ1) is 14.9. The van der Waals surface area contributed by atoms with Crippen LogP contribution in [-0.2, 0) is 9.84 Å². The normalized spacial score (nSPS) is 27.0. The van der Waals surface area contributed by atoms with E-state index in [1.165, 1.54) is 19.1 Å². The van der Waals surface area contributed by atoms with E-state index in [9.17, 15) is 8.42 Å². The van der Waals surface area contributed by atoms with Gasteiger partial charge in [-0.2, -0.15) is 0 Å². The molecule has 2 aliphatic rings. The quantitative estimate of drug-likeness (QED) is 0.928. The van der Waals surface area contributed by atoms with Gasteiger partial charge in [-0.15, -0.1) is 0 Å². The Hall–Kier alpha value is -1.07. The third-order valence-electron chi connectivity index (χ3n) is 4.64. The molecule has 0 radical (unpaired) electrons. The van der Waals surface area contributed by atoms with E-state index in [-0.39, 0.29) is 0 Å². The highest BCUT2D eigenvalue weighted by Crippen LogP contribution is 2.34. The van der Waals surface area contributed by atoms with Crippen molar-refractivity contribution >= 4 is 15.5 Å². The maximum absolute atomic E-state index is 11.7. The molecular formula is C16H24N2O2S. The van der Waals surface area contributed by atoms with Crippen molar-refractivity contribution in [3.8, 4) is 0 Å². The van der Waals surface area contributed by atoms with Gasteiger partial charge in [0.15, 0.2) is 9.84 Å². The molecule has 0 bridgehead atoms. The van der Waals surface area contributed by atoms with Crippen molar-refractivity contribution in [2.45, 2.75) is 56.1 Å². The molecule has 3 rings (SSSR count). The van der Waals surface area contributed by atoms with Crippen LogP contribution in [0.5, 0.6) is 0 Å². The molecule has 2 unspecified atom stereocenters. The van der Waals surface area contributed by atoms with Crippen molar-refractivity contribution < 1.29 is 8.42 Å². The molecule has 0 spiro atoms. The molecule has 1 aliphatic carbocycles. The Balaban J connectivity index is 1.76. The molecule has 1 N–H and O–H groups in total. The van der Waals surface area contributed by atoms with Gasteiger partial charge in [0.05, 0.1) is 4.90 Å². The van der Waals surface area contributed by atoms with Gasteiger partial charge >= 0.3 is 0 Å². The number of aryl methyl sites for hydroxylation is 1. The average Bonchev–Trinajstić information content (AvgIpc) is 3.16. The Bertz CT molecular complexity index is 638. The fraction of sp³-hybridized carbons (Fsp3) is 0.625. The maximum Gasteiger partial charge on any atom is 0.175 e. The highest BCUT2D eigenvalue weighted by atomic mass is 32.2. The standard InChI is InChI=1S/C16H24N2O2S/c1-11-4-7-15(21(3,19)20)9-16(11)17-13-8-12(2)18(10-13)14-5-6-14/h4,7,9,12-14,17H,5-6,8,10H2,1-3H3. The highest BCUT2D eigenvalue weighted by Gasteiger charge is 2.38. The molecule has 2 atom stereocenters. The van der Waals surface area contributed by atoms with Crippen molar-refractivity contribution in [3.63, 3.8) is 0 Å². The first-order valence-corrected chi connectivity index (χ1v) is 9.57. The maximum atomic E-state index is 11.7. The smallest absolute Gasteiger partial charge is 0.175 e. The van der Waals surface area contributed by atoms with Gasteiger partial charge in [-0.05, 0) is 50.8 Å². The van der Waals surface area contributed by atoms with Gasteiger partial charge in [0.25, 0.3) is 0 Å². The zero-order chi connectivity index (χ0) is 15.2. The largest absolute Gasteiger partial charge is 0.381 e. The molecule has 116 valence electrons. The second kappa shape index (κ2) is 5.29. The van der Waals surface area contributed by atoms with Crippen molar-refractivity contribution in [2.24, 2.45) is 0 Å². The Morgan fingerprint density at radius 1 is 1.29 bits per heavy atom. The van der Waals surface area contributed by atoms with Gasteiger partial charge < -0.3 is 5.32 Å². The van der Waals surface area contributed by atoms with Crippen molar-refractivity contribution in [1.29, 1.82) is 0 Å². The van der Waals surface area contributed by atoms with Crippen LogP contribution in [0.25, 0.3) is 0 Å². The van der Waals surface area contributed by atoms with Crippen LogP contribution in [0.15, 0.2) is 23.1 Å². The number of hydrogen-bond acceptors (Lipinski definition) is 4. The Morgan fingerprint density at radius 2 is 2.00 bits per heavy atom. The lowest BCUT2D eigenvalue weighted by molar-refractivity contribution is 0.257. The molecule has 0 amide bonds. The van der Waals surface area contributed by atoms with Crippen LogP contribution < -0.4 is 5.32 Å². The van der Waals surface area contributed by atoms with Crippen molar-refractivity contribution in [2.75, 3.05) is 18.1 Å². The van der Waals surface area contributed by atoms with E-state index in [2.05, 4.69) is 17.1 Å². The minimum atomic E-state index is -3.15. The summed E-state index contributed by atoms with van der Waals surface area (Å²) in [5, 5.41) is 3.56. The zero-order valence-electron chi connectivity index (χ0n) is 13.0. The van der Waals surface area contributed by atoms with Crippen LogP contribution in [0.4, 0.5) is 5.69 Å². The average molecular weight is 308 g/mol. The van der Waals surface area contributed by atoms with Crippen LogP contribution in [0.2, 0.25) is 0 Å². The van der Waals surface area contributed by atoms with Crippen molar-refractivity contribution in [3.05, 3.63) is 23.8 Å². The molecule has 21 heavy (non-hydrogen) atoms. The Kier molecular flexibility index (Phi) is 3.74. The Labute approximate surface area is 127 Å². The number of benzene rings is 1. The number of nitrogens with one attached hydrogen (secondary N) is 1. The van der Waals surface area contributed by atoms with E-state index in [0.29, 0.717) is 17.0 Å². The summed E-state index contributed by atoms with van der Waals surface area (Å²) in [5.74, 6) is 0. The van der Waals surface area contributed by atoms with Crippen LogP contribution in [0, 0.1) is 6.92 Å². The molecule has 2 fully saturated rings. The molecule has 1 saturated carbocycles. The van der Waals surface area contributed by atoms with Gasteiger partial charge in [-0.1, -0.05) is 6.07 Å². The fourth-order valence-corrected chi connectivity index (χ4v) is 3.93. The number of rotatable bonds is 4. The summed E-state index contributed by atoms with van der Waals surface area (Å²) in [6.45, 7) is 5.37. The van der Waals surface area contributed by atoms with E-state index in [1.807, 2.05) is 13.0 Å². The summed E-state index contributed by atoms with van der Waals surface area (Å²) in [7, 11) is -3.15. The van der Waals surface area contributed by atoms with Gasteiger partial charge in [0, 0.05) is 36.6 Å². The minimum absolute atomic E-state index is 0.390. The summed E-state index contributed by atoms with van der Waals surface area (Å²) in [4.78, 5) is 2.98. The van der Waals surface area contributed by atoms with Crippen LogP contribution in [-0.4, -0.2) is 44.2 Å². The van der Waals surface area contributed by atoms with Gasteiger partial charge in [0.1, 0.15) is 0 Å². The fourth-order valence-electron chi connectivity index (χ4n) is 3.28. The first-order chi connectivity index (χ1) is 9.84. The number of nitrogens with zero attached hydrogens (tertiary/aromatic N) is 1. The predicted molar refractivity (Wildman–Crippen MR) is 85.5 cm³/mol. The molecule has 4 nitrogen and oxygen atoms in total. The molecule has 1 saturated heterocycles. The lowest BCUT2D eigenvalue weighted by Crippen LogP contribution is -2.31. The summed E-state index contributed by atoms with van der Waals surface area (Å²) in [5.41, 5.74) is 2.05. The summed E-state index contributed by atoms with van der Waals surface area (Å²) >= 11 is 0. The van der Waals surface area contributed by atoms with E-state index < -0.39 is 9.84 Å². The third kappa shape index (κ3) is 3.24. The molecule has 1 aliphatic heterocycles. The highest BCUT2D eigenvalue weighted by molar-refractivity contribution is 7.90. The molecule has 5 heteroatoms. The second-order valence-corrected chi connectivity index (χ2v) is 8.62. The lowest BCUT2D eigenvalue weighted by Gasteiger charge is -2.20. The summed E-state index contributed by atoms with van der Waals surface area (Å²) in [6, 6.07) is 7.16. The molecular weight excluding hydrogens is 284 g/mol. The predicted octanol–water partition coefficient (Wildman–Crippen LogP) is 2.44. The lowest BCUT2D eigenvalue weighted by atomic mass is 10.1. The first-order valence-electron chi connectivity index (χ1n) is 7.67. The van der Waals surface area contributed by atoms with Gasteiger partial charge in [-0.25, -0.2) is 8.42 Å². The number of hydrogen-bond donors (Lipinski definition) is 1. The van der Waals surface area contributed by atoms with Crippen molar-refractivity contribution in [1.82, 2.24) is 4.90 Å². The molecule has 1 heterocycles. The van der Waals surface area contributed by atoms with Crippen LogP contribution >= 0.6 is 0 Å². The van der Waals surface area contributed by atoms with Gasteiger partial charge in [-0.3, -0.25) is 4.90 Å². The topological polar surface area (TPSA) is 49.4 Å². The van der Waals surface area contributed by atoms with Gasteiger partial charge in [0.2, 0.25) is 0 Å². The van der Waals surface area contributed by atoms with Crippen LogP contribution in [0.1, 0.15) is 31.7 Å². The van der Waals surface area contributed by atoms with E-state index >= 15 is 0 Å². The van der Waals surface area contributed by atoms with E-state index in [1.54, 1.807) is 12.1 Å². The zero-order valence-corrected chi connectivity index (χ0v) is 13.8. The number of likely N-dealkylation sites (tertiary alicyclic amines) is 1. The Morgan fingerprint density at radius 3 is 2.62 bits per heavy atom. The number of anilines is 1. The van der Waals surface area contributed by atoms with E-state index in [4.69, 9.17) is 0 Å². The van der Waals surface area contributed by atoms with E-state index in [0.717, 1.165) is 30.3 Å². The van der Waals surface area contributed by atoms with Crippen LogP contribution in [0.3, 0.4) is 0 Å². The number of sulfone groups is 1. The molecule has 0 aromatic heterocycles.